The molecule has 8 nitrogen and oxygen atoms in total. The van der Waals surface area contributed by atoms with E-state index in [1.807, 2.05) is 18.7 Å². The predicted molar refractivity (Wildman–Crippen MR) is 104 cm³/mol. The predicted octanol–water partition coefficient (Wildman–Crippen LogP) is 0.425. The van der Waals surface area contributed by atoms with Gasteiger partial charge in [-0.05, 0) is 26.7 Å². The topological polar surface area (TPSA) is 97.3 Å². The summed E-state index contributed by atoms with van der Waals surface area (Å²) >= 11 is 0. The quantitative estimate of drug-likeness (QED) is 0.672. The highest BCUT2D eigenvalue weighted by molar-refractivity contribution is 5.72. The SMILES string of the molecule is CC(C)=CCN1c2c(n(C)c(=O)n(C)c2=O)NC1N[C@H]1CCCC[C@H]1N. The third kappa shape index (κ3) is 3.31. The first kappa shape index (κ1) is 18.7. The minimum atomic E-state index is -0.335. The Kier molecular flexibility index (Phi) is 5.24. The Hall–Kier alpha value is -2.06. The maximum Gasteiger partial charge on any atom is 0.332 e. The van der Waals surface area contributed by atoms with Gasteiger partial charge in [0.25, 0.3) is 5.56 Å². The van der Waals surface area contributed by atoms with Gasteiger partial charge in [-0.15, -0.1) is 0 Å². The van der Waals surface area contributed by atoms with Crippen molar-refractivity contribution in [1.29, 1.82) is 0 Å². The van der Waals surface area contributed by atoms with Gasteiger partial charge in [0.2, 0.25) is 0 Å². The van der Waals surface area contributed by atoms with Crippen LogP contribution in [0.4, 0.5) is 11.5 Å². The highest BCUT2D eigenvalue weighted by Crippen LogP contribution is 2.30. The van der Waals surface area contributed by atoms with Crippen LogP contribution in [-0.4, -0.2) is 34.1 Å². The fraction of sp³-hybridized carbons (Fsp3) is 0.667. The lowest BCUT2D eigenvalue weighted by Gasteiger charge is -2.35. The minimum Gasteiger partial charge on any atom is -0.337 e. The average molecular weight is 362 g/mol. The molecule has 3 rings (SSSR count). The molecule has 2 aliphatic rings. The summed E-state index contributed by atoms with van der Waals surface area (Å²) in [6.07, 6.45) is 6.15. The van der Waals surface area contributed by atoms with Crippen molar-refractivity contribution in [3.63, 3.8) is 0 Å². The molecule has 1 fully saturated rings. The van der Waals surface area contributed by atoms with Gasteiger partial charge in [0.15, 0.2) is 6.29 Å². The molecule has 0 spiro atoms. The maximum absolute atomic E-state index is 12.8. The molecule has 0 amide bonds. The zero-order valence-electron chi connectivity index (χ0n) is 16.1. The number of nitrogens with zero attached hydrogens (tertiary/aromatic N) is 3. The van der Waals surface area contributed by atoms with E-state index in [1.165, 1.54) is 17.2 Å². The molecule has 1 saturated carbocycles. The molecule has 0 bridgehead atoms. The van der Waals surface area contributed by atoms with Crippen molar-refractivity contribution in [1.82, 2.24) is 14.5 Å². The fourth-order valence-corrected chi connectivity index (χ4v) is 3.77. The molecule has 144 valence electrons. The van der Waals surface area contributed by atoms with Gasteiger partial charge in [-0.3, -0.25) is 19.2 Å². The third-order valence-electron chi connectivity index (χ3n) is 5.40. The second-order valence-corrected chi connectivity index (χ2v) is 7.61. The second-order valence-electron chi connectivity index (χ2n) is 7.61. The smallest absolute Gasteiger partial charge is 0.332 e. The van der Waals surface area contributed by atoms with Gasteiger partial charge < -0.3 is 16.0 Å². The van der Waals surface area contributed by atoms with Crippen LogP contribution in [0.5, 0.6) is 0 Å². The highest BCUT2D eigenvalue weighted by atomic mass is 16.2. The van der Waals surface area contributed by atoms with Crippen molar-refractivity contribution < 1.29 is 0 Å². The standard InChI is InChI=1S/C18H30N6O2/c1-11(2)9-10-24-14-15(22(3)18(26)23(4)16(14)25)21-17(24)20-13-8-6-5-7-12(13)19/h9,12-13,17,20-21H,5-8,10,19H2,1-4H3/t12-,13+,17?/m1/s1. The van der Waals surface area contributed by atoms with Crippen LogP contribution < -0.4 is 32.5 Å². The largest absolute Gasteiger partial charge is 0.337 e. The van der Waals surface area contributed by atoms with Crippen LogP contribution in [0.2, 0.25) is 0 Å². The summed E-state index contributed by atoms with van der Waals surface area (Å²) in [7, 11) is 3.20. The molecule has 2 heterocycles. The molecule has 1 aliphatic heterocycles. The molecule has 1 aliphatic carbocycles. The van der Waals surface area contributed by atoms with E-state index in [4.69, 9.17) is 5.73 Å². The molecule has 8 heteroatoms. The number of hydrogen-bond acceptors (Lipinski definition) is 6. The first-order valence-electron chi connectivity index (χ1n) is 9.29. The number of allylic oxidation sites excluding steroid dienone is 1. The third-order valence-corrected chi connectivity index (χ3v) is 5.40. The van der Waals surface area contributed by atoms with E-state index in [0.717, 1.165) is 30.3 Å². The summed E-state index contributed by atoms with van der Waals surface area (Å²) in [5.41, 5.74) is 7.38. The van der Waals surface area contributed by atoms with Crippen LogP contribution in [0.15, 0.2) is 21.2 Å². The van der Waals surface area contributed by atoms with Crippen LogP contribution >= 0.6 is 0 Å². The van der Waals surface area contributed by atoms with Crippen molar-refractivity contribution >= 4 is 11.5 Å². The van der Waals surface area contributed by atoms with Gasteiger partial charge in [-0.25, -0.2) is 4.79 Å². The van der Waals surface area contributed by atoms with Crippen molar-refractivity contribution in [2.24, 2.45) is 19.8 Å². The molecule has 1 aromatic heterocycles. The first-order valence-corrected chi connectivity index (χ1v) is 9.29. The molecule has 26 heavy (non-hydrogen) atoms. The number of fused-ring (bicyclic) bond motifs is 1. The summed E-state index contributed by atoms with van der Waals surface area (Å²) in [6, 6.07) is 0.289. The molecule has 4 N–H and O–H groups in total. The number of nitrogens with one attached hydrogen (secondary N) is 2. The highest BCUT2D eigenvalue weighted by Gasteiger charge is 2.36. The molecule has 1 aromatic rings. The Morgan fingerprint density at radius 3 is 2.58 bits per heavy atom. The summed E-state index contributed by atoms with van der Waals surface area (Å²) in [6.45, 7) is 4.64. The van der Waals surface area contributed by atoms with Gasteiger partial charge in [0.05, 0.1) is 0 Å². The van der Waals surface area contributed by atoms with Crippen LogP contribution in [0.3, 0.4) is 0 Å². The van der Waals surface area contributed by atoms with Gasteiger partial charge in [0, 0.05) is 32.7 Å². The lowest BCUT2D eigenvalue weighted by molar-refractivity contribution is 0.307. The zero-order chi connectivity index (χ0) is 19.0. The molecule has 3 atom stereocenters. The number of anilines is 2. The zero-order valence-corrected chi connectivity index (χ0v) is 16.1. The normalized spacial score (nSPS) is 25.0. The maximum atomic E-state index is 12.8. The van der Waals surface area contributed by atoms with E-state index in [9.17, 15) is 9.59 Å². The Morgan fingerprint density at radius 2 is 1.92 bits per heavy atom. The van der Waals surface area contributed by atoms with E-state index in [0.29, 0.717) is 18.1 Å². The molecular weight excluding hydrogens is 332 g/mol. The monoisotopic (exact) mass is 362 g/mol. The van der Waals surface area contributed by atoms with E-state index < -0.39 is 0 Å². The molecule has 0 radical (unpaired) electrons. The first-order chi connectivity index (χ1) is 12.3. The van der Waals surface area contributed by atoms with Gasteiger partial charge in [-0.1, -0.05) is 24.5 Å². The number of hydrogen-bond donors (Lipinski definition) is 3. The Bertz CT molecular complexity index is 820. The van der Waals surface area contributed by atoms with Crippen LogP contribution in [-0.2, 0) is 14.1 Å². The summed E-state index contributed by atoms with van der Waals surface area (Å²) in [4.78, 5) is 27.1. The molecule has 0 aromatic carbocycles. The van der Waals surface area contributed by atoms with Gasteiger partial charge >= 0.3 is 5.69 Å². The number of nitrogens with two attached hydrogens (primary N) is 1. The number of rotatable bonds is 4. The van der Waals surface area contributed by atoms with Gasteiger partial charge in [-0.2, -0.15) is 0 Å². The summed E-state index contributed by atoms with van der Waals surface area (Å²) in [5.74, 6) is 0.558. The van der Waals surface area contributed by atoms with E-state index in [2.05, 4.69) is 16.7 Å². The molecule has 1 unspecified atom stereocenters. The van der Waals surface area contributed by atoms with Gasteiger partial charge in [0.1, 0.15) is 11.5 Å². The number of aromatic nitrogens is 2. The lowest BCUT2D eigenvalue weighted by Crippen LogP contribution is -2.57. The van der Waals surface area contributed by atoms with Crippen LogP contribution in [0.1, 0.15) is 39.5 Å². The minimum absolute atomic E-state index is 0.103. The molecule has 0 saturated heterocycles. The Morgan fingerprint density at radius 1 is 1.23 bits per heavy atom. The Balaban J connectivity index is 1.98. The van der Waals surface area contributed by atoms with Crippen LogP contribution in [0.25, 0.3) is 0 Å². The Labute approximate surface area is 153 Å². The second kappa shape index (κ2) is 7.28. The van der Waals surface area contributed by atoms with Crippen LogP contribution in [0, 0.1) is 0 Å². The van der Waals surface area contributed by atoms with Crippen molar-refractivity contribution in [2.45, 2.75) is 57.9 Å². The lowest BCUT2D eigenvalue weighted by atomic mass is 9.91. The summed E-state index contributed by atoms with van der Waals surface area (Å²) in [5, 5.41) is 6.91. The van der Waals surface area contributed by atoms with Crippen molar-refractivity contribution in [2.75, 3.05) is 16.8 Å². The summed E-state index contributed by atoms with van der Waals surface area (Å²) < 4.78 is 2.65. The van der Waals surface area contributed by atoms with E-state index >= 15 is 0 Å². The average Bonchev–Trinajstić information content (AvgIpc) is 2.96. The fourth-order valence-electron chi connectivity index (χ4n) is 3.77. The molecular formula is C18H30N6O2. The van der Waals surface area contributed by atoms with Crippen molar-refractivity contribution in [3.05, 3.63) is 32.5 Å². The van der Waals surface area contributed by atoms with E-state index in [1.54, 1.807) is 7.05 Å². The van der Waals surface area contributed by atoms with E-state index in [-0.39, 0.29) is 29.6 Å². The van der Waals surface area contributed by atoms with Crippen molar-refractivity contribution in [3.8, 4) is 0 Å².